The Morgan fingerprint density at radius 1 is 0.921 bits per heavy atom. The highest BCUT2D eigenvalue weighted by Crippen LogP contribution is 2.36. The second kappa shape index (κ2) is 10.4. The molecule has 1 heterocycles. The number of rotatable bonds is 5. The minimum Gasteiger partial charge on any atom is -0.486 e. The average molecular weight is 590 g/mol. The standard InChI is InChI=1S/C30H22BrClN2O4/c1-17-9-18(2)11-23(10-17)34-29(36)24(28(35)33-30(34)37)13-20-14-25(31)27(26(32)15-20)38-16-19-7-8-21-5-3-4-6-22(21)12-19/h3-15H,16H2,1-2H3,(H,33,35,37)/b24-13+. The van der Waals surface area contributed by atoms with Crippen molar-refractivity contribution < 1.29 is 19.1 Å². The number of imide groups is 2. The summed E-state index contributed by atoms with van der Waals surface area (Å²) in [5, 5.41) is 4.81. The molecular weight excluding hydrogens is 568 g/mol. The summed E-state index contributed by atoms with van der Waals surface area (Å²) in [4.78, 5) is 39.4. The number of hydrogen-bond acceptors (Lipinski definition) is 4. The lowest BCUT2D eigenvalue weighted by Gasteiger charge is -2.27. The van der Waals surface area contributed by atoms with E-state index in [1.165, 1.54) is 6.08 Å². The molecule has 6 nitrogen and oxygen atoms in total. The number of barbiturate groups is 1. The second-order valence-corrected chi connectivity index (χ2v) is 10.3. The normalized spacial score (nSPS) is 14.8. The molecular formula is C30H22BrClN2O4. The molecule has 0 radical (unpaired) electrons. The zero-order chi connectivity index (χ0) is 27.0. The van der Waals surface area contributed by atoms with E-state index in [2.05, 4.69) is 33.4 Å². The smallest absolute Gasteiger partial charge is 0.335 e. The fourth-order valence-electron chi connectivity index (χ4n) is 4.42. The van der Waals surface area contributed by atoms with Crippen LogP contribution in [0.5, 0.6) is 5.75 Å². The van der Waals surface area contributed by atoms with Gasteiger partial charge in [-0.15, -0.1) is 0 Å². The first kappa shape index (κ1) is 25.7. The maximum atomic E-state index is 13.3. The van der Waals surface area contributed by atoms with Crippen LogP contribution in [-0.4, -0.2) is 17.8 Å². The summed E-state index contributed by atoms with van der Waals surface area (Å²) in [5.74, 6) is -1.05. The number of hydrogen-bond donors (Lipinski definition) is 1. The van der Waals surface area contributed by atoms with E-state index in [1.807, 2.05) is 50.2 Å². The molecule has 0 bridgehead atoms. The van der Waals surface area contributed by atoms with Crippen LogP contribution in [-0.2, 0) is 16.2 Å². The molecule has 4 aromatic rings. The van der Waals surface area contributed by atoms with Crippen LogP contribution in [0.3, 0.4) is 0 Å². The number of amides is 4. The first-order chi connectivity index (χ1) is 18.2. The van der Waals surface area contributed by atoms with Gasteiger partial charge in [0.25, 0.3) is 11.8 Å². The zero-order valence-corrected chi connectivity index (χ0v) is 22.9. The number of ether oxygens (including phenoxy) is 1. The van der Waals surface area contributed by atoms with Gasteiger partial charge in [0.15, 0.2) is 5.75 Å². The van der Waals surface area contributed by atoms with Gasteiger partial charge in [0.05, 0.1) is 15.2 Å². The first-order valence-corrected chi connectivity index (χ1v) is 13.0. The van der Waals surface area contributed by atoms with Gasteiger partial charge in [0, 0.05) is 0 Å². The lowest BCUT2D eigenvalue weighted by molar-refractivity contribution is -0.122. The maximum absolute atomic E-state index is 13.3. The van der Waals surface area contributed by atoms with E-state index >= 15 is 0 Å². The molecule has 0 aliphatic carbocycles. The number of fused-ring (bicyclic) bond motifs is 1. The third kappa shape index (κ3) is 5.21. The number of halogens is 2. The van der Waals surface area contributed by atoms with Crippen LogP contribution in [0.25, 0.3) is 16.8 Å². The molecule has 1 saturated heterocycles. The SMILES string of the molecule is Cc1cc(C)cc(N2C(=O)NC(=O)/C(=C\c3cc(Cl)c(OCc4ccc5ccccc5c4)c(Br)c3)C2=O)c1. The van der Waals surface area contributed by atoms with Crippen molar-refractivity contribution in [2.45, 2.75) is 20.5 Å². The molecule has 4 amide bonds. The Kier molecular flexibility index (Phi) is 7.06. The largest absolute Gasteiger partial charge is 0.486 e. The van der Waals surface area contributed by atoms with Crippen molar-refractivity contribution in [2.75, 3.05) is 4.90 Å². The summed E-state index contributed by atoms with van der Waals surface area (Å²) in [6.45, 7) is 4.04. The van der Waals surface area contributed by atoms with Gasteiger partial charge in [-0.25, -0.2) is 9.69 Å². The molecule has 0 saturated carbocycles. The number of carbonyl (C=O) groups excluding carboxylic acids is 3. The monoisotopic (exact) mass is 588 g/mol. The predicted molar refractivity (Wildman–Crippen MR) is 152 cm³/mol. The molecule has 1 aliphatic rings. The highest BCUT2D eigenvalue weighted by atomic mass is 79.9. The van der Waals surface area contributed by atoms with Crippen molar-refractivity contribution in [1.82, 2.24) is 5.32 Å². The van der Waals surface area contributed by atoms with Gasteiger partial charge in [-0.3, -0.25) is 14.9 Å². The van der Waals surface area contributed by atoms with Gasteiger partial charge in [0.2, 0.25) is 0 Å². The third-order valence-electron chi connectivity index (χ3n) is 6.09. The predicted octanol–water partition coefficient (Wildman–Crippen LogP) is 7.12. The van der Waals surface area contributed by atoms with Crippen LogP contribution in [0.2, 0.25) is 5.02 Å². The minimum atomic E-state index is -0.793. The van der Waals surface area contributed by atoms with Crippen LogP contribution in [0.1, 0.15) is 22.3 Å². The van der Waals surface area contributed by atoms with Gasteiger partial charge in [-0.05, 0) is 99.2 Å². The third-order valence-corrected chi connectivity index (χ3v) is 6.96. The second-order valence-electron chi connectivity index (χ2n) is 9.09. The van der Waals surface area contributed by atoms with Crippen molar-refractivity contribution in [2.24, 2.45) is 0 Å². The van der Waals surface area contributed by atoms with Gasteiger partial charge in [0.1, 0.15) is 12.2 Å². The Morgan fingerprint density at radius 2 is 1.63 bits per heavy atom. The Balaban J connectivity index is 1.40. The lowest BCUT2D eigenvalue weighted by atomic mass is 10.1. The fourth-order valence-corrected chi connectivity index (χ4v) is 5.41. The van der Waals surface area contributed by atoms with Gasteiger partial charge < -0.3 is 4.74 Å². The van der Waals surface area contributed by atoms with Crippen molar-refractivity contribution in [3.63, 3.8) is 0 Å². The topological polar surface area (TPSA) is 75.7 Å². The molecule has 0 aromatic heterocycles. The number of nitrogens with zero attached hydrogens (tertiary/aromatic N) is 1. The number of nitrogens with one attached hydrogen (secondary N) is 1. The van der Waals surface area contributed by atoms with E-state index in [9.17, 15) is 14.4 Å². The Labute approximate surface area is 233 Å². The number of urea groups is 1. The van der Waals surface area contributed by atoms with Crippen molar-refractivity contribution >= 4 is 67.9 Å². The first-order valence-electron chi connectivity index (χ1n) is 11.8. The molecule has 190 valence electrons. The van der Waals surface area contributed by atoms with Crippen molar-refractivity contribution in [3.05, 3.63) is 110 Å². The van der Waals surface area contributed by atoms with E-state index < -0.39 is 17.8 Å². The summed E-state index contributed by atoms with van der Waals surface area (Å²) < 4.78 is 6.56. The molecule has 5 rings (SSSR count). The highest BCUT2D eigenvalue weighted by Gasteiger charge is 2.37. The molecule has 0 unspecified atom stereocenters. The number of carbonyl (C=O) groups is 3. The van der Waals surface area contributed by atoms with Crippen LogP contribution in [0, 0.1) is 13.8 Å². The molecule has 0 atom stereocenters. The summed E-state index contributed by atoms with van der Waals surface area (Å²) >= 11 is 10.0. The number of benzene rings is 4. The van der Waals surface area contributed by atoms with Crippen LogP contribution in [0.15, 0.2) is 82.8 Å². The van der Waals surface area contributed by atoms with Crippen molar-refractivity contribution in [3.8, 4) is 5.75 Å². The Bertz CT molecular complexity index is 1620. The van der Waals surface area contributed by atoms with E-state index in [0.717, 1.165) is 32.4 Å². The molecule has 1 fully saturated rings. The molecule has 8 heteroatoms. The summed E-state index contributed by atoms with van der Waals surface area (Å²) in [5.41, 5.74) is 3.46. The Hall–Kier alpha value is -3.94. The molecule has 38 heavy (non-hydrogen) atoms. The number of aryl methyl sites for hydroxylation is 2. The molecule has 1 N–H and O–H groups in total. The van der Waals surface area contributed by atoms with Gasteiger partial charge >= 0.3 is 6.03 Å². The molecule has 1 aliphatic heterocycles. The average Bonchev–Trinajstić information content (AvgIpc) is 2.85. The van der Waals surface area contributed by atoms with E-state index in [-0.39, 0.29) is 5.57 Å². The summed E-state index contributed by atoms with van der Waals surface area (Å²) in [6.07, 6.45) is 1.41. The minimum absolute atomic E-state index is 0.184. The molecule has 0 spiro atoms. The number of anilines is 1. The fraction of sp³-hybridized carbons (Fsp3) is 0.100. The molecule has 4 aromatic carbocycles. The quantitative estimate of drug-likeness (QED) is 0.199. The van der Waals surface area contributed by atoms with Gasteiger partial charge in [-0.2, -0.15) is 0 Å². The van der Waals surface area contributed by atoms with Crippen LogP contribution < -0.4 is 15.0 Å². The lowest BCUT2D eigenvalue weighted by Crippen LogP contribution is -2.54. The maximum Gasteiger partial charge on any atom is 0.335 e. The zero-order valence-electron chi connectivity index (χ0n) is 20.5. The van der Waals surface area contributed by atoms with E-state index in [1.54, 1.807) is 24.3 Å². The Morgan fingerprint density at radius 3 is 2.34 bits per heavy atom. The van der Waals surface area contributed by atoms with Crippen molar-refractivity contribution in [1.29, 1.82) is 0 Å². The van der Waals surface area contributed by atoms with E-state index in [0.29, 0.717) is 33.1 Å². The summed E-state index contributed by atoms with van der Waals surface area (Å²) in [7, 11) is 0. The van der Waals surface area contributed by atoms with Gasteiger partial charge in [-0.1, -0.05) is 54.1 Å². The van der Waals surface area contributed by atoms with E-state index in [4.69, 9.17) is 16.3 Å². The summed E-state index contributed by atoms with van der Waals surface area (Å²) in [6, 6.07) is 22.1. The van der Waals surface area contributed by atoms with Crippen LogP contribution >= 0.6 is 27.5 Å². The highest BCUT2D eigenvalue weighted by molar-refractivity contribution is 9.10. The van der Waals surface area contributed by atoms with Crippen LogP contribution in [0.4, 0.5) is 10.5 Å².